The molecule has 0 unspecified atom stereocenters. The maximum atomic E-state index is 13.0. The van der Waals surface area contributed by atoms with Crippen LogP contribution in [0.4, 0.5) is 4.39 Å². The second-order valence-electron chi connectivity index (χ2n) is 4.78. The van der Waals surface area contributed by atoms with Crippen molar-refractivity contribution in [2.75, 3.05) is 7.11 Å². The third kappa shape index (κ3) is 4.07. The Bertz CT molecular complexity index is 758. The molecule has 2 rings (SSSR count). The lowest BCUT2D eigenvalue weighted by molar-refractivity contribution is 0.0470. The van der Waals surface area contributed by atoms with Gasteiger partial charge in [0.2, 0.25) is 0 Å². The van der Waals surface area contributed by atoms with E-state index in [9.17, 15) is 14.0 Å². The third-order valence-corrected chi connectivity index (χ3v) is 3.51. The molecule has 0 aliphatic rings. The van der Waals surface area contributed by atoms with Gasteiger partial charge in [-0.25, -0.2) is 9.18 Å². The van der Waals surface area contributed by atoms with E-state index in [1.165, 1.54) is 20.1 Å². The van der Waals surface area contributed by atoms with Crippen LogP contribution in [0.25, 0.3) is 0 Å². The minimum atomic E-state index is -0.690. The molecule has 0 spiro atoms. The van der Waals surface area contributed by atoms with Gasteiger partial charge in [-0.15, -0.1) is 0 Å². The van der Waals surface area contributed by atoms with Crippen LogP contribution < -0.4 is 4.74 Å². The number of Topliss-reactive ketones (excluding diaryl/α,β-unsaturated/α-hetero) is 1. The van der Waals surface area contributed by atoms with Crippen molar-refractivity contribution in [1.29, 1.82) is 0 Å². The Kier molecular flexibility index (Phi) is 5.34. The van der Waals surface area contributed by atoms with Crippen LogP contribution >= 0.6 is 11.6 Å². The Morgan fingerprint density at radius 3 is 2.52 bits per heavy atom. The zero-order chi connectivity index (χ0) is 17.0. The lowest BCUT2D eigenvalue weighted by Gasteiger charge is -2.11. The van der Waals surface area contributed by atoms with Gasteiger partial charge in [-0.05, 0) is 43.3 Å². The summed E-state index contributed by atoms with van der Waals surface area (Å²) in [5.41, 5.74) is 1.10. The molecule has 0 saturated heterocycles. The normalized spacial score (nSPS) is 10.3. The Labute approximate surface area is 137 Å². The third-order valence-electron chi connectivity index (χ3n) is 3.20. The molecule has 0 heterocycles. The van der Waals surface area contributed by atoms with Crippen LogP contribution in [0.2, 0.25) is 5.02 Å². The van der Waals surface area contributed by atoms with E-state index < -0.39 is 11.8 Å². The number of benzene rings is 2. The Morgan fingerprint density at radius 1 is 1.17 bits per heavy atom. The van der Waals surface area contributed by atoms with Crippen LogP contribution in [0.5, 0.6) is 5.75 Å². The zero-order valence-electron chi connectivity index (χ0n) is 12.6. The monoisotopic (exact) mass is 336 g/mol. The Hall–Kier alpha value is -2.40. The van der Waals surface area contributed by atoms with E-state index in [0.717, 1.165) is 12.1 Å². The molecule has 0 radical (unpaired) electrons. The molecule has 2 aromatic carbocycles. The first kappa shape index (κ1) is 17.0. The van der Waals surface area contributed by atoms with Crippen molar-refractivity contribution >= 4 is 23.4 Å². The molecular formula is C17H14ClFO4. The lowest BCUT2D eigenvalue weighted by Crippen LogP contribution is -2.07. The zero-order valence-corrected chi connectivity index (χ0v) is 13.3. The van der Waals surface area contributed by atoms with Crippen LogP contribution in [-0.4, -0.2) is 18.9 Å². The van der Waals surface area contributed by atoms with Crippen LogP contribution in [0, 0.1) is 5.82 Å². The largest absolute Gasteiger partial charge is 0.496 e. The molecular weight excluding hydrogens is 323 g/mol. The fourth-order valence-electron chi connectivity index (χ4n) is 1.99. The first-order valence-corrected chi connectivity index (χ1v) is 7.10. The minimum absolute atomic E-state index is 0.0283. The number of carbonyl (C=O) groups excluding carboxylic acids is 2. The fraction of sp³-hybridized carbons (Fsp3) is 0.176. The van der Waals surface area contributed by atoms with Gasteiger partial charge in [0.25, 0.3) is 0 Å². The van der Waals surface area contributed by atoms with E-state index in [2.05, 4.69) is 0 Å². The van der Waals surface area contributed by atoms with Crippen molar-refractivity contribution in [3.05, 3.63) is 63.9 Å². The first-order valence-electron chi connectivity index (χ1n) is 6.72. The summed E-state index contributed by atoms with van der Waals surface area (Å²) in [4.78, 5) is 23.5. The van der Waals surface area contributed by atoms with Gasteiger partial charge in [0, 0.05) is 11.1 Å². The average Bonchev–Trinajstić information content (AvgIpc) is 2.52. The van der Waals surface area contributed by atoms with Gasteiger partial charge in [0.05, 0.1) is 17.7 Å². The summed E-state index contributed by atoms with van der Waals surface area (Å²) >= 11 is 5.82. The Balaban J connectivity index is 2.18. The number of methoxy groups -OCH3 is 1. The lowest BCUT2D eigenvalue weighted by atomic mass is 10.1. The highest BCUT2D eigenvalue weighted by molar-refractivity contribution is 6.33. The van der Waals surface area contributed by atoms with E-state index in [4.69, 9.17) is 21.1 Å². The molecule has 0 aliphatic heterocycles. The summed E-state index contributed by atoms with van der Waals surface area (Å²) in [7, 11) is 1.48. The molecule has 23 heavy (non-hydrogen) atoms. The summed E-state index contributed by atoms with van der Waals surface area (Å²) in [6, 6.07) is 8.27. The van der Waals surface area contributed by atoms with Crippen LogP contribution in [0.3, 0.4) is 0 Å². The van der Waals surface area contributed by atoms with E-state index in [0.29, 0.717) is 16.9 Å². The molecule has 0 N–H and O–H groups in total. The summed E-state index contributed by atoms with van der Waals surface area (Å²) in [5.74, 6) is -0.845. The summed E-state index contributed by atoms with van der Waals surface area (Å²) in [6.45, 7) is 1.34. The number of esters is 1. The maximum absolute atomic E-state index is 13.0. The fourth-order valence-corrected chi connectivity index (χ4v) is 2.23. The molecule has 0 amide bonds. The van der Waals surface area contributed by atoms with Gasteiger partial charge in [0.15, 0.2) is 5.78 Å². The minimum Gasteiger partial charge on any atom is -0.496 e. The molecule has 4 nitrogen and oxygen atoms in total. The van der Waals surface area contributed by atoms with Gasteiger partial charge in [0.1, 0.15) is 18.2 Å². The second kappa shape index (κ2) is 7.24. The van der Waals surface area contributed by atoms with Gasteiger partial charge in [-0.3, -0.25) is 4.79 Å². The number of hydrogen-bond donors (Lipinski definition) is 0. The predicted octanol–water partition coefficient (Wildman–Crippen LogP) is 4.05. The maximum Gasteiger partial charge on any atom is 0.339 e. The van der Waals surface area contributed by atoms with Crippen molar-refractivity contribution in [1.82, 2.24) is 0 Å². The Morgan fingerprint density at radius 2 is 1.91 bits per heavy atom. The number of halogens is 2. The number of rotatable bonds is 5. The summed E-state index contributed by atoms with van der Waals surface area (Å²) in [5, 5.41) is -0.0283. The van der Waals surface area contributed by atoms with E-state index in [-0.39, 0.29) is 23.0 Å². The molecule has 0 saturated carbocycles. The predicted molar refractivity (Wildman–Crippen MR) is 83.5 cm³/mol. The van der Waals surface area contributed by atoms with Crippen molar-refractivity contribution in [2.45, 2.75) is 13.5 Å². The SMILES string of the molecule is COc1ccc(C(C)=O)cc1COC(=O)c1ccc(F)cc1Cl. The molecule has 6 heteroatoms. The standard InChI is InChI=1S/C17H14ClFO4/c1-10(20)11-3-6-16(22-2)12(7-11)9-23-17(21)14-5-4-13(19)8-15(14)18/h3-8H,9H2,1-2H3. The van der Waals surface area contributed by atoms with Crippen molar-refractivity contribution in [2.24, 2.45) is 0 Å². The van der Waals surface area contributed by atoms with Crippen LogP contribution in [0.15, 0.2) is 36.4 Å². The highest BCUT2D eigenvalue weighted by atomic mass is 35.5. The molecule has 120 valence electrons. The van der Waals surface area contributed by atoms with Gasteiger partial charge >= 0.3 is 5.97 Å². The van der Waals surface area contributed by atoms with Crippen molar-refractivity contribution < 1.29 is 23.5 Å². The number of carbonyl (C=O) groups is 2. The molecule has 0 fully saturated rings. The summed E-state index contributed by atoms with van der Waals surface area (Å²) < 4.78 is 23.3. The smallest absolute Gasteiger partial charge is 0.339 e. The topological polar surface area (TPSA) is 52.6 Å². The second-order valence-corrected chi connectivity index (χ2v) is 5.19. The van der Waals surface area contributed by atoms with E-state index in [1.54, 1.807) is 18.2 Å². The quantitative estimate of drug-likeness (QED) is 0.610. The van der Waals surface area contributed by atoms with Gasteiger partial charge in [-0.2, -0.15) is 0 Å². The molecule has 0 aliphatic carbocycles. The van der Waals surface area contributed by atoms with E-state index >= 15 is 0 Å². The van der Waals surface area contributed by atoms with Crippen molar-refractivity contribution in [3.63, 3.8) is 0 Å². The van der Waals surface area contributed by atoms with Crippen LogP contribution in [0.1, 0.15) is 33.2 Å². The number of ketones is 1. The number of ether oxygens (including phenoxy) is 2. The molecule has 0 bridgehead atoms. The molecule has 0 atom stereocenters. The average molecular weight is 337 g/mol. The summed E-state index contributed by atoms with van der Waals surface area (Å²) in [6.07, 6.45) is 0. The molecule has 0 aromatic heterocycles. The van der Waals surface area contributed by atoms with Gasteiger partial charge < -0.3 is 9.47 Å². The highest BCUT2D eigenvalue weighted by Crippen LogP contribution is 2.23. The molecule has 2 aromatic rings. The van der Waals surface area contributed by atoms with Crippen molar-refractivity contribution in [3.8, 4) is 5.75 Å². The highest BCUT2D eigenvalue weighted by Gasteiger charge is 2.14. The first-order chi connectivity index (χ1) is 10.9. The van der Waals surface area contributed by atoms with E-state index in [1.807, 2.05) is 0 Å². The van der Waals surface area contributed by atoms with Gasteiger partial charge in [-0.1, -0.05) is 11.6 Å². The number of hydrogen-bond acceptors (Lipinski definition) is 4. The van der Waals surface area contributed by atoms with Crippen LogP contribution in [-0.2, 0) is 11.3 Å².